The highest BCUT2D eigenvalue weighted by Gasteiger charge is 2.11. The van der Waals surface area contributed by atoms with Gasteiger partial charge in [0.25, 0.3) is 0 Å². The topological polar surface area (TPSA) is 0 Å². The minimum atomic E-state index is 1.13. The summed E-state index contributed by atoms with van der Waals surface area (Å²) in [6.07, 6.45) is 8.97. The summed E-state index contributed by atoms with van der Waals surface area (Å²) in [7, 11) is 0. The van der Waals surface area contributed by atoms with E-state index in [1.54, 1.807) is 0 Å². The van der Waals surface area contributed by atoms with Crippen LogP contribution in [0.25, 0.3) is 27.5 Å². The standard InChI is InChI=1S/C23H20.C2H6/c1-17-12-13-22-20(18-8-4-2-5-9-18)14-15-21(23(22)16-17)19-10-6-3-7-11-19;1-2/h2-6,8-10,12-16H,7,11H2,1H3;1-2H3. The molecule has 0 aliphatic heterocycles. The number of rotatable bonds is 2. The zero-order valence-corrected chi connectivity index (χ0v) is 15.4. The van der Waals surface area contributed by atoms with Crippen molar-refractivity contribution in [3.63, 3.8) is 0 Å². The Labute approximate surface area is 151 Å². The van der Waals surface area contributed by atoms with E-state index in [9.17, 15) is 0 Å². The monoisotopic (exact) mass is 326 g/mol. The molecule has 0 saturated carbocycles. The summed E-state index contributed by atoms with van der Waals surface area (Å²) >= 11 is 0. The first-order valence-electron chi connectivity index (χ1n) is 9.28. The fraction of sp³-hybridized carbons (Fsp3) is 0.200. The fourth-order valence-electron chi connectivity index (χ4n) is 3.44. The number of benzene rings is 3. The van der Waals surface area contributed by atoms with Crippen molar-refractivity contribution >= 4 is 16.3 Å². The third-order valence-electron chi connectivity index (χ3n) is 4.62. The van der Waals surface area contributed by atoms with Gasteiger partial charge >= 0.3 is 0 Å². The molecule has 1 aliphatic carbocycles. The van der Waals surface area contributed by atoms with E-state index in [2.05, 4.69) is 85.8 Å². The maximum Gasteiger partial charge on any atom is -0.00991 e. The Bertz CT molecular complexity index is 911. The van der Waals surface area contributed by atoms with E-state index in [4.69, 9.17) is 0 Å². The van der Waals surface area contributed by atoms with Crippen molar-refractivity contribution in [2.24, 2.45) is 0 Å². The fourth-order valence-corrected chi connectivity index (χ4v) is 3.44. The zero-order chi connectivity index (χ0) is 17.6. The summed E-state index contributed by atoms with van der Waals surface area (Å²) in [6, 6.07) is 22.1. The van der Waals surface area contributed by atoms with Gasteiger partial charge in [-0.3, -0.25) is 0 Å². The average molecular weight is 326 g/mol. The van der Waals surface area contributed by atoms with Gasteiger partial charge < -0.3 is 0 Å². The predicted molar refractivity (Wildman–Crippen MR) is 112 cm³/mol. The third-order valence-corrected chi connectivity index (χ3v) is 4.62. The Morgan fingerprint density at radius 3 is 2.24 bits per heavy atom. The van der Waals surface area contributed by atoms with Crippen molar-refractivity contribution in [2.75, 3.05) is 0 Å². The molecule has 0 radical (unpaired) electrons. The summed E-state index contributed by atoms with van der Waals surface area (Å²) in [6.45, 7) is 6.17. The summed E-state index contributed by atoms with van der Waals surface area (Å²) in [5.41, 5.74) is 6.74. The molecular formula is C25H26. The second-order valence-electron chi connectivity index (χ2n) is 6.23. The van der Waals surface area contributed by atoms with Gasteiger partial charge in [-0.2, -0.15) is 0 Å². The van der Waals surface area contributed by atoms with Gasteiger partial charge in [-0.25, -0.2) is 0 Å². The molecule has 0 heteroatoms. The van der Waals surface area contributed by atoms with Crippen molar-refractivity contribution in [3.05, 3.63) is 90.0 Å². The lowest BCUT2D eigenvalue weighted by molar-refractivity contribution is 1.06. The van der Waals surface area contributed by atoms with Crippen molar-refractivity contribution in [3.8, 4) is 11.1 Å². The first-order chi connectivity index (χ1) is 12.3. The normalized spacial score (nSPS) is 13.2. The summed E-state index contributed by atoms with van der Waals surface area (Å²) in [5.74, 6) is 0. The lowest BCUT2D eigenvalue weighted by atomic mass is 9.88. The van der Waals surface area contributed by atoms with Crippen LogP contribution in [-0.2, 0) is 0 Å². The SMILES string of the molecule is CC.Cc1ccc2c(-c3ccccc3)ccc(C3=CC=CCC3)c2c1. The van der Waals surface area contributed by atoms with Gasteiger partial charge in [-0.05, 0) is 52.8 Å². The molecule has 0 amide bonds. The van der Waals surface area contributed by atoms with Crippen LogP contribution in [0.15, 0.2) is 78.9 Å². The Morgan fingerprint density at radius 1 is 0.760 bits per heavy atom. The maximum atomic E-state index is 2.33. The van der Waals surface area contributed by atoms with Crippen LogP contribution in [0.3, 0.4) is 0 Å². The van der Waals surface area contributed by atoms with E-state index in [1.165, 1.54) is 38.6 Å². The molecule has 126 valence electrons. The molecule has 4 rings (SSSR count). The second-order valence-corrected chi connectivity index (χ2v) is 6.23. The van der Waals surface area contributed by atoms with Gasteiger partial charge in [0, 0.05) is 0 Å². The summed E-state index contributed by atoms with van der Waals surface area (Å²) < 4.78 is 0. The zero-order valence-electron chi connectivity index (χ0n) is 15.4. The van der Waals surface area contributed by atoms with E-state index in [1.807, 2.05) is 13.8 Å². The minimum absolute atomic E-state index is 1.13. The molecule has 0 N–H and O–H groups in total. The van der Waals surface area contributed by atoms with Crippen LogP contribution in [-0.4, -0.2) is 0 Å². The molecule has 3 aromatic carbocycles. The van der Waals surface area contributed by atoms with Crippen molar-refractivity contribution in [2.45, 2.75) is 33.6 Å². The van der Waals surface area contributed by atoms with Crippen LogP contribution < -0.4 is 0 Å². The Kier molecular flexibility index (Phi) is 5.50. The third kappa shape index (κ3) is 3.58. The van der Waals surface area contributed by atoms with E-state index >= 15 is 0 Å². The van der Waals surface area contributed by atoms with Gasteiger partial charge in [0.2, 0.25) is 0 Å². The van der Waals surface area contributed by atoms with Gasteiger partial charge in [-0.15, -0.1) is 0 Å². The van der Waals surface area contributed by atoms with Crippen LogP contribution in [0.2, 0.25) is 0 Å². The number of aryl methyl sites for hydroxylation is 1. The van der Waals surface area contributed by atoms with Crippen LogP contribution in [0.1, 0.15) is 37.8 Å². The summed E-state index contributed by atoms with van der Waals surface area (Å²) in [5, 5.41) is 2.71. The molecule has 0 atom stereocenters. The van der Waals surface area contributed by atoms with Crippen LogP contribution >= 0.6 is 0 Å². The number of allylic oxidation sites excluding steroid dienone is 4. The number of fused-ring (bicyclic) bond motifs is 1. The molecular weight excluding hydrogens is 300 g/mol. The first kappa shape index (κ1) is 17.2. The molecule has 1 aliphatic rings. The quantitative estimate of drug-likeness (QED) is 0.455. The predicted octanol–water partition coefficient (Wildman–Crippen LogP) is 7.57. The van der Waals surface area contributed by atoms with Crippen LogP contribution in [0.4, 0.5) is 0 Å². The molecule has 25 heavy (non-hydrogen) atoms. The molecule has 0 fully saturated rings. The lowest BCUT2D eigenvalue weighted by Gasteiger charge is -2.16. The highest BCUT2D eigenvalue weighted by molar-refractivity contribution is 6.03. The molecule has 0 bridgehead atoms. The van der Waals surface area contributed by atoms with Gasteiger partial charge in [0.15, 0.2) is 0 Å². The van der Waals surface area contributed by atoms with Gasteiger partial charge in [0.05, 0.1) is 0 Å². The number of hydrogen-bond donors (Lipinski definition) is 0. The van der Waals surface area contributed by atoms with Crippen molar-refractivity contribution < 1.29 is 0 Å². The van der Waals surface area contributed by atoms with E-state index in [0.717, 1.165) is 12.8 Å². The maximum absolute atomic E-state index is 2.33. The molecule has 0 unspecified atom stereocenters. The first-order valence-corrected chi connectivity index (χ1v) is 9.28. The molecule has 3 aromatic rings. The number of hydrogen-bond acceptors (Lipinski definition) is 0. The van der Waals surface area contributed by atoms with Crippen molar-refractivity contribution in [1.29, 1.82) is 0 Å². The van der Waals surface area contributed by atoms with E-state index < -0.39 is 0 Å². The van der Waals surface area contributed by atoms with E-state index in [-0.39, 0.29) is 0 Å². The van der Waals surface area contributed by atoms with Crippen LogP contribution in [0, 0.1) is 6.92 Å². The molecule has 0 spiro atoms. The van der Waals surface area contributed by atoms with Gasteiger partial charge in [0.1, 0.15) is 0 Å². The Hall–Kier alpha value is -2.60. The Morgan fingerprint density at radius 2 is 1.52 bits per heavy atom. The lowest BCUT2D eigenvalue weighted by Crippen LogP contribution is -1.92. The molecule has 0 heterocycles. The molecule has 0 nitrogen and oxygen atoms in total. The average Bonchev–Trinajstić information content (AvgIpc) is 2.70. The smallest absolute Gasteiger partial charge is 0.00991 e. The molecule has 0 aromatic heterocycles. The van der Waals surface area contributed by atoms with E-state index in [0.29, 0.717) is 0 Å². The van der Waals surface area contributed by atoms with Gasteiger partial charge in [-0.1, -0.05) is 98.3 Å². The highest BCUT2D eigenvalue weighted by atomic mass is 14.2. The van der Waals surface area contributed by atoms with Crippen molar-refractivity contribution in [1.82, 2.24) is 0 Å². The largest absolute Gasteiger partial charge is 0.0842 e. The molecule has 0 saturated heterocycles. The van der Waals surface area contributed by atoms with Crippen LogP contribution in [0.5, 0.6) is 0 Å². The Balaban J connectivity index is 0.000000880. The summed E-state index contributed by atoms with van der Waals surface area (Å²) in [4.78, 5) is 0. The highest BCUT2D eigenvalue weighted by Crippen LogP contribution is 2.36. The second kappa shape index (κ2) is 7.98. The minimum Gasteiger partial charge on any atom is -0.0842 e.